The van der Waals surface area contributed by atoms with E-state index >= 15 is 0 Å². The minimum Gasteiger partial charge on any atom is -0.466 e. The maximum Gasteiger partial charge on any atom is 0.330 e. The lowest BCUT2D eigenvalue weighted by atomic mass is 9.89. The first-order valence-electron chi connectivity index (χ1n) is 9.86. The number of rotatable bonds is 5. The fraction of sp³-hybridized carbons (Fsp3) is 0.292. The average Bonchev–Trinajstić information content (AvgIpc) is 3.18. The van der Waals surface area contributed by atoms with Crippen molar-refractivity contribution >= 4 is 22.9 Å². The van der Waals surface area contributed by atoms with E-state index < -0.39 is 0 Å². The van der Waals surface area contributed by atoms with Crippen molar-refractivity contribution in [2.75, 3.05) is 20.2 Å². The highest BCUT2D eigenvalue weighted by Crippen LogP contribution is 2.33. The molecule has 0 amide bonds. The van der Waals surface area contributed by atoms with Crippen molar-refractivity contribution in [2.45, 2.75) is 25.3 Å². The number of aromatic amines is 1. The molecule has 0 radical (unpaired) electrons. The van der Waals surface area contributed by atoms with Gasteiger partial charge in [0.1, 0.15) is 0 Å². The molecule has 0 aliphatic carbocycles. The quantitative estimate of drug-likeness (QED) is 0.518. The molecule has 1 aromatic heterocycles. The fourth-order valence-corrected chi connectivity index (χ4v) is 4.06. The normalized spacial score (nSPS) is 16.0. The summed E-state index contributed by atoms with van der Waals surface area (Å²) < 4.78 is 4.62. The predicted molar refractivity (Wildman–Crippen MR) is 113 cm³/mol. The summed E-state index contributed by atoms with van der Waals surface area (Å²) in [5.41, 5.74) is 5.02. The number of benzene rings is 2. The molecule has 144 valence electrons. The zero-order valence-corrected chi connectivity index (χ0v) is 16.2. The number of piperidine rings is 1. The van der Waals surface area contributed by atoms with E-state index in [0.29, 0.717) is 5.92 Å². The Morgan fingerprint density at radius 2 is 1.89 bits per heavy atom. The summed E-state index contributed by atoms with van der Waals surface area (Å²) in [7, 11) is 1.39. The van der Waals surface area contributed by atoms with Crippen LogP contribution < -0.4 is 0 Å². The van der Waals surface area contributed by atoms with E-state index in [1.165, 1.54) is 48.1 Å². The number of hydrogen-bond donors (Lipinski definition) is 1. The summed E-state index contributed by atoms with van der Waals surface area (Å²) in [5, 5.41) is 1.37. The molecule has 1 fully saturated rings. The van der Waals surface area contributed by atoms with Gasteiger partial charge in [0.25, 0.3) is 0 Å². The molecule has 2 heterocycles. The van der Waals surface area contributed by atoms with Crippen LogP contribution in [-0.2, 0) is 16.1 Å². The highest BCUT2D eigenvalue weighted by Gasteiger charge is 2.22. The first kappa shape index (κ1) is 18.5. The van der Waals surface area contributed by atoms with Gasteiger partial charge in [-0.3, -0.25) is 4.90 Å². The molecule has 28 heavy (non-hydrogen) atoms. The molecule has 1 saturated heterocycles. The van der Waals surface area contributed by atoms with Crippen molar-refractivity contribution in [3.8, 4) is 0 Å². The number of carbonyl (C=O) groups excluding carboxylic acids is 1. The van der Waals surface area contributed by atoms with Crippen LogP contribution in [0.4, 0.5) is 0 Å². The predicted octanol–water partition coefficient (Wildman–Crippen LogP) is 4.73. The van der Waals surface area contributed by atoms with Gasteiger partial charge < -0.3 is 9.72 Å². The van der Waals surface area contributed by atoms with Crippen LogP contribution in [0.3, 0.4) is 0 Å². The summed E-state index contributed by atoms with van der Waals surface area (Å²) in [6.07, 6.45) is 7.82. The van der Waals surface area contributed by atoms with Crippen LogP contribution in [0.15, 0.2) is 60.8 Å². The SMILES string of the molecule is COC(=O)/C=C/c1ccc(CN2CCC(c3c[nH]c4ccccc34)CC2)cc1. The number of aromatic nitrogens is 1. The van der Waals surface area contributed by atoms with E-state index in [4.69, 9.17) is 0 Å². The number of para-hydroxylation sites is 1. The third-order valence-corrected chi connectivity index (χ3v) is 5.65. The number of esters is 1. The van der Waals surface area contributed by atoms with E-state index in [-0.39, 0.29) is 5.97 Å². The van der Waals surface area contributed by atoms with Gasteiger partial charge >= 0.3 is 5.97 Å². The minimum absolute atomic E-state index is 0.331. The number of hydrogen-bond acceptors (Lipinski definition) is 3. The number of carbonyl (C=O) groups is 1. The summed E-state index contributed by atoms with van der Waals surface area (Å²) >= 11 is 0. The van der Waals surface area contributed by atoms with E-state index in [1.807, 2.05) is 12.1 Å². The summed E-state index contributed by atoms with van der Waals surface area (Å²) in [6, 6.07) is 17.0. The van der Waals surface area contributed by atoms with Crippen molar-refractivity contribution in [3.63, 3.8) is 0 Å². The Hall–Kier alpha value is -2.85. The topological polar surface area (TPSA) is 45.3 Å². The van der Waals surface area contributed by atoms with Crippen LogP contribution in [0.25, 0.3) is 17.0 Å². The fourth-order valence-electron chi connectivity index (χ4n) is 4.06. The van der Waals surface area contributed by atoms with Crippen molar-refractivity contribution in [2.24, 2.45) is 0 Å². The Balaban J connectivity index is 1.33. The zero-order chi connectivity index (χ0) is 19.3. The molecule has 1 aliphatic rings. The number of H-pyrrole nitrogens is 1. The standard InChI is InChI=1S/C24H26N2O2/c1-28-24(27)11-10-18-6-8-19(9-7-18)17-26-14-12-20(13-15-26)22-16-25-23-5-3-2-4-21(22)23/h2-11,16,20,25H,12-15,17H2,1H3/b11-10+. The van der Waals surface area contributed by atoms with E-state index in [1.54, 1.807) is 6.08 Å². The lowest BCUT2D eigenvalue weighted by Crippen LogP contribution is -2.32. The first-order chi connectivity index (χ1) is 13.7. The third kappa shape index (κ3) is 4.18. The van der Waals surface area contributed by atoms with Gasteiger partial charge in [0.2, 0.25) is 0 Å². The number of likely N-dealkylation sites (tertiary alicyclic amines) is 1. The van der Waals surface area contributed by atoms with Gasteiger partial charge in [0.05, 0.1) is 7.11 Å². The maximum atomic E-state index is 11.2. The van der Waals surface area contributed by atoms with Gasteiger partial charge in [0, 0.05) is 29.7 Å². The van der Waals surface area contributed by atoms with E-state index in [2.05, 4.69) is 57.2 Å². The highest BCUT2D eigenvalue weighted by molar-refractivity contribution is 5.87. The molecule has 1 N–H and O–H groups in total. The van der Waals surface area contributed by atoms with Crippen LogP contribution in [0.5, 0.6) is 0 Å². The molecule has 4 rings (SSSR count). The smallest absolute Gasteiger partial charge is 0.330 e. The number of fused-ring (bicyclic) bond motifs is 1. The van der Waals surface area contributed by atoms with Crippen molar-refractivity contribution in [1.82, 2.24) is 9.88 Å². The van der Waals surface area contributed by atoms with Gasteiger partial charge in [-0.05, 0) is 60.7 Å². The van der Waals surface area contributed by atoms with Crippen molar-refractivity contribution in [3.05, 3.63) is 77.5 Å². The molecule has 0 atom stereocenters. The van der Waals surface area contributed by atoms with Gasteiger partial charge in [-0.15, -0.1) is 0 Å². The Labute approximate surface area is 165 Å². The van der Waals surface area contributed by atoms with Crippen molar-refractivity contribution in [1.29, 1.82) is 0 Å². The second kappa shape index (κ2) is 8.44. The average molecular weight is 374 g/mol. The van der Waals surface area contributed by atoms with Crippen LogP contribution in [0.1, 0.15) is 35.4 Å². The summed E-state index contributed by atoms with van der Waals surface area (Å²) in [4.78, 5) is 17.1. The molecule has 0 unspecified atom stereocenters. The summed E-state index contributed by atoms with van der Waals surface area (Å²) in [6.45, 7) is 3.21. The number of nitrogens with zero attached hydrogens (tertiary/aromatic N) is 1. The summed E-state index contributed by atoms with van der Waals surface area (Å²) in [5.74, 6) is 0.306. The van der Waals surface area contributed by atoms with Gasteiger partial charge in [-0.1, -0.05) is 42.5 Å². The molecule has 0 spiro atoms. The second-order valence-corrected chi connectivity index (χ2v) is 7.44. The van der Waals surface area contributed by atoms with Crippen LogP contribution in [0.2, 0.25) is 0 Å². The largest absolute Gasteiger partial charge is 0.466 e. The molecular weight excluding hydrogens is 348 g/mol. The van der Waals surface area contributed by atoms with Gasteiger partial charge in [-0.2, -0.15) is 0 Å². The molecule has 0 bridgehead atoms. The molecule has 1 aliphatic heterocycles. The van der Waals surface area contributed by atoms with Crippen LogP contribution in [0, 0.1) is 0 Å². The Morgan fingerprint density at radius 1 is 1.14 bits per heavy atom. The first-order valence-corrected chi connectivity index (χ1v) is 9.86. The number of nitrogens with one attached hydrogen (secondary N) is 1. The minimum atomic E-state index is -0.331. The van der Waals surface area contributed by atoms with Gasteiger partial charge in [0.15, 0.2) is 0 Å². The number of methoxy groups -OCH3 is 1. The van der Waals surface area contributed by atoms with Crippen LogP contribution in [-0.4, -0.2) is 36.1 Å². The van der Waals surface area contributed by atoms with Crippen LogP contribution >= 0.6 is 0 Å². The Morgan fingerprint density at radius 3 is 2.64 bits per heavy atom. The highest BCUT2D eigenvalue weighted by atomic mass is 16.5. The molecule has 4 nitrogen and oxygen atoms in total. The number of ether oxygens (including phenoxy) is 1. The molecule has 0 saturated carbocycles. The molecule has 4 heteroatoms. The molecular formula is C24H26N2O2. The third-order valence-electron chi connectivity index (χ3n) is 5.65. The lowest BCUT2D eigenvalue weighted by molar-refractivity contribution is -0.134. The second-order valence-electron chi connectivity index (χ2n) is 7.44. The van der Waals surface area contributed by atoms with Gasteiger partial charge in [-0.25, -0.2) is 4.79 Å². The molecule has 3 aromatic rings. The molecule has 2 aromatic carbocycles. The zero-order valence-electron chi connectivity index (χ0n) is 16.2. The lowest BCUT2D eigenvalue weighted by Gasteiger charge is -2.32. The monoisotopic (exact) mass is 374 g/mol. The Kier molecular flexibility index (Phi) is 5.58. The Bertz CT molecular complexity index is 964. The maximum absolute atomic E-state index is 11.2. The van der Waals surface area contributed by atoms with E-state index in [0.717, 1.165) is 25.2 Å². The van der Waals surface area contributed by atoms with E-state index in [9.17, 15) is 4.79 Å². The van der Waals surface area contributed by atoms with Crippen molar-refractivity contribution < 1.29 is 9.53 Å².